The Balaban J connectivity index is 1.43. The van der Waals surface area contributed by atoms with Gasteiger partial charge in [-0.1, -0.05) is 30.3 Å². The highest BCUT2D eigenvalue weighted by molar-refractivity contribution is 6.09. The minimum atomic E-state index is -3.85. The van der Waals surface area contributed by atoms with Gasteiger partial charge in [-0.3, -0.25) is 0 Å². The first kappa shape index (κ1) is 19.9. The predicted molar refractivity (Wildman–Crippen MR) is 116 cm³/mol. The normalized spacial score (nSPS) is 11.7. The minimum absolute atomic E-state index is 0.141. The van der Waals surface area contributed by atoms with E-state index in [1.54, 1.807) is 6.07 Å². The molecule has 1 N–H and O–H groups in total. The molecule has 5 nitrogen and oxygen atoms in total. The number of alkyl halides is 3. The molecule has 8 heteroatoms. The fourth-order valence-electron chi connectivity index (χ4n) is 3.48. The van der Waals surface area contributed by atoms with Crippen molar-refractivity contribution in [2.24, 2.45) is 0 Å². The van der Waals surface area contributed by atoms with Crippen LogP contribution in [0.1, 0.15) is 0 Å². The van der Waals surface area contributed by atoms with E-state index in [4.69, 9.17) is 4.42 Å². The number of hydrogen-bond donors (Lipinski definition) is 1. The standard InChI is InChI=1S/C24H16F3N3O2/c25-13-24(26,27)32-16-10-8-15(9-11-16)30-22-12-20(28-14-29-22)19-6-3-5-18-17-4-1-2-7-21(17)31-23(18)19/h1-12,14H,13H2,(H,28,29,30). The third-order valence-electron chi connectivity index (χ3n) is 4.90. The zero-order valence-electron chi connectivity index (χ0n) is 16.6. The molecule has 3 aromatic carbocycles. The summed E-state index contributed by atoms with van der Waals surface area (Å²) >= 11 is 0. The molecule has 0 unspecified atom stereocenters. The van der Waals surface area contributed by atoms with Crippen LogP contribution in [0.3, 0.4) is 0 Å². The second-order valence-corrected chi connectivity index (χ2v) is 7.09. The van der Waals surface area contributed by atoms with E-state index in [2.05, 4.69) is 20.0 Å². The zero-order valence-corrected chi connectivity index (χ0v) is 16.6. The summed E-state index contributed by atoms with van der Waals surface area (Å²) in [5.74, 6) is 0.365. The molecular weight excluding hydrogens is 419 g/mol. The van der Waals surface area contributed by atoms with Gasteiger partial charge < -0.3 is 14.5 Å². The number of rotatable bonds is 6. The topological polar surface area (TPSA) is 60.2 Å². The summed E-state index contributed by atoms with van der Waals surface area (Å²) in [6.45, 7) is -1.89. The molecule has 0 atom stereocenters. The van der Waals surface area contributed by atoms with Crippen LogP contribution in [-0.2, 0) is 0 Å². The van der Waals surface area contributed by atoms with Crippen LogP contribution in [0.5, 0.6) is 5.75 Å². The summed E-state index contributed by atoms with van der Waals surface area (Å²) in [4.78, 5) is 8.61. The van der Waals surface area contributed by atoms with Gasteiger partial charge in [0, 0.05) is 28.1 Å². The number of nitrogens with one attached hydrogen (secondary N) is 1. The Morgan fingerprint density at radius 3 is 2.50 bits per heavy atom. The Labute approximate surface area is 180 Å². The summed E-state index contributed by atoms with van der Waals surface area (Å²) in [6, 6.07) is 21.2. The molecule has 160 valence electrons. The number of ether oxygens (including phenoxy) is 1. The van der Waals surface area contributed by atoms with Gasteiger partial charge >= 0.3 is 6.11 Å². The number of nitrogens with zero attached hydrogens (tertiary/aromatic N) is 2. The van der Waals surface area contributed by atoms with Crippen molar-refractivity contribution in [3.05, 3.63) is 79.1 Å². The molecule has 0 amide bonds. The number of hydrogen-bond acceptors (Lipinski definition) is 5. The molecule has 0 saturated heterocycles. The van der Waals surface area contributed by atoms with E-state index in [0.29, 0.717) is 17.2 Å². The molecule has 5 aromatic rings. The number of fused-ring (bicyclic) bond motifs is 3. The third-order valence-corrected chi connectivity index (χ3v) is 4.90. The molecular formula is C24H16F3N3O2. The van der Waals surface area contributed by atoms with E-state index in [1.807, 2.05) is 42.5 Å². The molecule has 0 saturated carbocycles. The lowest BCUT2D eigenvalue weighted by molar-refractivity contribution is -0.186. The second kappa shape index (κ2) is 7.88. The van der Waals surface area contributed by atoms with Gasteiger partial charge in [-0.15, -0.1) is 0 Å². The van der Waals surface area contributed by atoms with Crippen LogP contribution in [0.4, 0.5) is 24.7 Å². The van der Waals surface area contributed by atoms with Gasteiger partial charge in [0.05, 0.1) is 5.69 Å². The monoisotopic (exact) mass is 435 g/mol. The van der Waals surface area contributed by atoms with Crippen LogP contribution in [-0.4, -0.2) is 22.8 Å². The third kappa shape index (κ3) is 3.82. The molecule has 2 aromatic heterocycles. The smallest absolute Gasteiger partial charge is 0.427 e. The van der Waals surface area contributed by atoms with Crippen LogP contribution in [0, 0.1) is 0 Å². The van der Waals surface area contributed by atoms with E-state index in [-0.39, 0.29) is 5.75 Å². The Morgan fingerprint density at radius 2 is 1.69 bits per heavy atom. The lowest BCUT2D eigenvalue weighted by Crippen LogP contribution is -2.26. The largest absolute Gasteiger partial charge is 0.455 e. The van der Waals surface area contributed by atoms with Crippen molar-refractivity contribution >= 4 is 33.4 Å². The van der Waals surface area contributed by atoms with Crippen LogP contribution in [0.2, 0.25) is 0 Å². The highest BCUT2D eigenvalue weighted by atomic mass is 19.3. The molecule has 0 radical (unpaired) electrons. The fourth-order valence-corrected chi connectivity index (χ4v) is 3.48. The summed E-state index contributed by atoms with van der Waals surface area (Å²) < 4.78 is 48.7. The number of furan rings is 1. The summed E-state index contributed by atoms with van der Waals surface area (Å²) in [5, 5.41) is 5.11. The Hall–Kier alpha value is -4.07. The number of para-hydroxylation sites is 2. The van der Waals surface area contributed by atoms with Crippen molar-refractivity contribution in [3.8, 4) is 17.0 Å². The summed E-state index contributed by atoms with van der Waals surface area (Å²) in [6.07, 6.45) is -2.42. The Kier molecular flexibility index (Phi) is 4.89. The lowest BCUT2D eigenvalue weighted by Gasteiger charge is -2.14. The molecule has 0 aliphatic heterocycles. The molecule has 0 bridgehead atoms. The van der Waals surface area contributed by atoms with E-state index >= 15 is 0 Å². The van der Waals surface area contributed by atoms with Gasteiger partial charge in [-0.25, -0.2) is 14.4 Å². The maximum Gasteiger partial charge on any atom is 0.427 e. The van der Waals surface area contributed by atoms with Crippen molar-refractivity contribution in [1.82, 2.24) is 9.97 Å². The van der Waals surface area contributed by atoms with Crippen molar-refractivity contribution in [2.45, 2.75) is 6.11 Å². The van der Waals surface area contributed by atoms with Crippen LogP contribution >= 0.6 is 0 Å². The molecule has 0 fully saturated rings. The molecule has 2 heterocycles. The van der Waals surface area contributed by atoms with E-state index in [9.17, 15) is 13.2 Å². The first-order valence-electron chi connectivity index (χ1n) is 9.75. The fraction of sp³-hybridized carbons (Fsp3) is 0.0833. The zero-order chi connectivity index (χ0) is 22.1. The highest BCUT2D eigenvalue weighted by Gasteiger charge is 2.31. The van der Waals surface area contributed by atoms with E-state index < -0.39 is 12.8 Å². The first-order valence-corrected chi connectivity index (χ1v) is 9.75. The quantitative estimate of drug-likeness (QED) is 0.321. The van der Waals surface area contributed by atoms with Crippen LogP contribution in [0.15, 0.2) is 83.5 Å². The number of halogens is 3. The van der Waals surface area contributed by atoms with Gasteiger partial charge in [0.1, 0.15) is 29.1 Å². The predicted octanol–water partition coefficient (Wildman–Crippen LogP) is 6.73. The minimum Gasteiger partial charge on any atom is -0.455 e. The van der Waals surface area contributed by atoms with Crippen molar-refractivity contribution in [2.75, 3.05) is 12.0 Å². The summed E-state index contributed by atoms with van der Waals surface area (Å²) in [7, 11) is 0. The van der Waals surface area contributed by atoms with E-state index in [1.165, 1.54) is 30.6 Å². The average Bonchev–Trinajstić information content (AvgIpc) is 3.19. The lowest BCUT2D eigenvalue weighted by atomic mass is 10.1. The maximum atomic E-state index is 13.0. The van der Waals surface area contributed by atoms with Gasteiger partial charge in [0.2, 0.25) is 0 Å². The highest BCUT2D eigenvalue weighted by Crippen LogP contribution is 2.35. The van der Waals surface area contributed by atoms with Crippen molar-refractivity contribution in [3.63, 3.8) is 0 Å². The molecule has 0 spiro atoms. The second-order valence-electron chi connectivity index (χ2n) is 7.09. The molecule has 0 aliphatic rings. The SMILES string of the molecule is FCC(F)(F)Oc1ccc(Nc2cc(-c3cccc4c3oc3ccccc34)ncn2)cc1. The van der Waals surface area contributed by atoms with Gasteiger partial charge in [-0.2, -0.15) is 8.78 Å². The first-order chi connectivity index (χ1) is 15.5. The number of aromatic nitrogens is 2. The van der Waals surface area contributed by atoms with Gasteiger partial charge in [0.15, 0.2) is 6.67 Å². The Morgan fingerprint density at radius 1 is 0.906 bits per heavy atom. The van der Waals surface area contributed by atoms with Crippen LogP contribution in [0.25, 0.3) is 33.2 Å². The molecule has 32 heavy (non-hydrogen) atoms. The van der Waals surface area contributed by atoms with Gasteiger partial charge in [-0.05, 0) is 36.4 Å². The number of benzene rings is 3. The van der Waals surface area contributed by atoms with Gasteiger partial charge in [0.25, 0.3) is 0 Å². The number of anilines is 2. The van der Waals surface area contributed by atoms with Crippen molar-refractivity contribution in [1.29, 1.82) is 0 Å². The summed E-state index contributed by atoms with van der Waals surface area (Å²) in [5.41, 5.74) is 3.60. The maximum absolute atomic E-state index is 13.0. The Bertz CT molecular complexity index is 1400. The molecule has 0 aliphatic carbocycles. The average molecular weight is 435 g/mol. The van der Waals surface area contributed by atoms with Crippen molar-refractivity contribution < 1.29 is 22.3 Å². The molecule has 5 rings (SSSR count). The van der Waals surface area contributed by atoms with E-state index in [0.717, 1.165) is 27.5 Å². The van der Waals surface area contributed by atoms with Crippen LogP contribution < -0.4 is 10.1 Å².